The topological polar surface area (TPSA) is 41.6 Å². The fourth-order valence-electron chi connectivity index (χ4n) is 2.40. The van der Waals surface area contributed by atoms with Gasteiger partial charge < -0.3 is 10.1 Å². The predicted octanol–water partition coefficient (Wildman–Crippen LogP) is 4.11. The molecule has 3 rings (SSSR count). The van der Waals surface area contributed by atoms with E-state index >= 15 is 0 Å². The molecule has 0 aromatic heterocycles. The maximum absolute atomic E-state index is 12.7. The number of rotatable bonds is 4. The van der Waals surface area contributed by atoms with Gasteiger partial charge in [0.1, 0.15) is 11.4 Å². The average molecular weight is 403 g/mol. The molecule has 0 unspecified atom stereocenters. The van der Waals surface area contributed by atoms with Gasteiger partial charge in [-0.25, -0.2) is 0 Å². The van der Waals surface area contributed by atoms with E-state index in [0.717, 1.165) is 21.5 Å². The number of hydrogen-bond acceptors (Lipinski definition) is 3. The minimum absolute atomic E-state index is 0.186. The third kappa shape index (κ3) is 3.34. The van der Waals surface area contributed by atoms with E-state index in [0.29, 0.717) is 17.4 Å². The largest absolute Gasteiger partial charge is 0.493 e. The maximum Gasteiger partial charge on any atom is 0.281 e. The fourth-order valence-corrected chi connectivity index (χ4v) is 2.96. The van der Waals surface area contributed by atoms with Gasteiger partial charge >= 0.3 is 0 Å². The average Bonchev–Trinajstić information content (AvgIpc) is 2.85. The molecule has 1 aliphatic heterocycles. The number of nitrogens with one attached hydrogen (secondary N) is 1. The number of benzene rings is 2. The second-order valence-corrected chi connectivity index (χ2v) is 6.38. The van der Waals surface area contributed by atoms with Crippen molar-refractivity contribution in [1.82, 2.24) is 5.32 Å². The van der Waals surface area contributed by atoms with Crippen LogP contribution < -0.4 is 15.0 Å². The monoisotopic (exact) mass is 402 g/mol. The van der Waals surface area contributed by atoms with E-state index in [2.05, 4.69) is 21.2 Å². The highest BCUT2D eigenvalue weighted by Gasteiger charge is 2.32. The molecule has 0 aliphatic carbocycles. The van der Waals surface area contributed by atoms with Crippen LogP contribution in [0.2, 0.25) is 0 Å². The van der Waals surface area contributed by atoms with Gasteiger partial charge in [-0.05, 0) is 55.5 Å². The summed E-state index contributed by atoms with van der Waals surface area (Å²) in [4.78, 5) is 14.2. The zero-order valence-corrected chi connectivity index (χ0v) is 15.4. The quantitative estimate of drug-likeness (QED) is 0.616. The van der Waals surface area contributed by atoms with Crippen molar-refractivity contribution in [1.29, 1.82) is 0 Å². The molecule has 0 bridgehead atoms. The number of anilines is 1. The number of hydrogen-bond donors (Lipinski definition) is 1. The van der Waals surface area contributed by atoms with E-state index in [1.807, 2.05) is 55.5 Å². The van der Waals surface area contributed by atoms with Crippen molar-refractivity contribution < 1.29 is 9.53 Å². The van der Waals surface area contributed by atoms with Crippen molar-refractivity contribution in [2.45, 2.75) is 6.92 Å². The molecule has 1 amide bonds. The summed E-state index contributed by atoms with van der Waals surface area (Å²) in [5.74, 6) is 0.545. The van der Waals surface area contributed by atoms with E-state index in [9.17, 15) is 4.79 Å². The lowest BCUT2D eigenvalue weighted by Crippen LogP contribution is -2.30. The van der Waals surface area contributed by atoms with Crippen molar-refractivity contribution >= 4 is 50.9 Å². The highest BCUT2D eigenvalue weighted by atomic mass is 79.9. The Bertz CT molecular complexity index is 818. The summed E-state index contributed by atoms with van der Waals surface area (Å²) in [5.41, 5.74) is 1.98. The molecule has 2 aromatic rings. The Morgan fingerprint density at radius 3 is 2.62 bits per heavy atom. The Kier molecular flexibility index (Phi) is 4.97. The van der Waals surface area contributed by atoms with Gasteiger partial charge in [0.25, 0.3) is 5.91 Å². The van der Waals surface area contributed by atoms with Gasteiger partial charge in [0, 0.05) is 10.0 Å². The molecule has 4 nitrogen and oxygen atoms in total. The fraction of sp³-hybridized carbons (Fsp3) is 0.111. The van der Waals surface area contributed by atoms with Gasteiger partial charge in [0.05, 0.1) is 12.3 Å². The summed E-state index contributed by atoms with van der Waals surface area (Å²) in [7, 11) is 0. The molecule has 1 N–H and O–H groups in total. The van der Waals surface area contributed by atoms with E-state index in [-0.39, 0.29) is 5.91 Å². The summed E-state index contributed by atoms with van der Waals surface area (Å²) >= 11 is 8.71. The molecule has 2 aromatic carbocycles. The van der Waals surface area contributed by atoms with E-state index < -0.39 is 0 Å². The molecule has 24 heavy (non-hydrogen) atoms. The number of para-hydroxylation sites is 1. The first-order valence-electron chi connectivity index (χ1n) is 7.44. The molecular weight excluding hydrogens is 388 g/mol. The van der Waals surface area contributed by atoms with Crippen molar-refractivity contribution in [3.05, 3.63) is 64.3 Å². The van der Waals surface area contributed by atoms with Crippen LogP contribution in [0.1, 0.15) is 12.5 Å². The van der Waals surface area contributed by atoms with Crippen LogP contribution in [0.5, 0.6) is 5.75 Å². The lowest BCUT2D eigenvalue weighted by molar-refractivity contribution is -0.113. The minimum atomic E-state index is -0.186. The first kappa shape index (κ1) is 16.7. The zero-order chi connectivity index (χ0) is 17.1. The Morgan fingerprint density at radius 1 is 1.21 bits per heavy atom. The SMILES string of the molecule is CCOc1ccccc1/C=C1/NC(=S)N(c2ccc(Br)cc2)C1=O. The number of halogens is 1. The molecular formula is C18H15BrN2O2S. The molecule has 1 heterocycles. The van der Waals surface area contributed by atoms with E-state index in [4.69, 9.17) is 17.0 Å². The number of carbonyl (C=O) groups is 1. The Hall–Kier alpha value is -2.18. The van der Waals surface area contributed by atoms with Crippen LogP contribution in [0.25, 0.3) is 6.08 Å². The zero-order valence-electron chi connectivity index (χ0n) is 13.0. The molecule has 1 fully saturated rings. The van der Waals surface area contributed by atoms with Gasteiger partial charge in [0.2, 0.25) is 0 Å². The lowest BCUT2D eigenvalue weighted by Gasteiger charge is -2.13. The highest BCUT2D eigenvalue weighted by Crippen LogP contribution is 2.26. The number of thiocarbonyl (C=S) groups is 1. The minimum Gasteiger partial charge on any atom is -0.493 e. The van der Waals surface area contributed by atoms with Crippen molar-refractivity contribution in [2.24, 2.45) is 0 Å². The molecule has 0 atom stereocenters. The molecule has 6 heteroatoms. The van der Waals surface area contributed by atoms with Gasteiger partial charge in [0.15, 0.2) is 5.11 Å². The van der Waals surface area contributed by atoms with Crippen LogP contribution in [0.15, 0.2) is 58.7 Å². The number of carbonyl (C=O) groups excluding carboxylic acids is 1. The Balaban J connectivity index is 1.93. The second-order valence-electron chi connectivity index (χ2n) is 5.08. The van der Waals surface area contributed by atoms with Crippen LogP contribution in [0.4, 0.5) is 5.69 Å². The third-order valence-electron chi connectivity index (χ3n) is 3.48. The molecule has 122 valence electrons. The van der Waals surface area contributed by atoms with Crippen LogP contribution in [0.3, 0.4) is 0 Å². The smallest absolute Gasteiger partial charge is 0.281 e. The Labute approximate surface area is 154 Å². The summed E-state index contributed by atoms with van der Waals surface area (Å²) < 4.78 is 6.54. The maximum atomic E-state index is 12.7. The summed E-state index contributed by atoms with van der Waals surface area (Å²) in [6, 6.07) is 15.0. The van der Waals surface area contributed by atoms with Crippen molar-refractivity contribution in [3.8, 4) is 5.75 Å². The van der Waals surface area contributed by atoms with Gasteiger partial charge in [-0.3, -0.25) is 9.69 Å². The second kappa shape index (κ2) is 7.15. The standard InChI is InChI=1S/C18H15BrN2O2S/c1-2-23-16-6-4-3-5-12(16)11-15-17(22)21(18(24)20-15)14-9-7-13(19)8-10-14/h3-11H,2H2,1H3,(H,20,24)/b15-11+. The summed E-state index contributed by atoms with van der Waals surface area (Å²) in [6.45, 7) is 2.48. The first-order valence-corrected chi connectivity index (χ1v) is 8.65. The van der Waals surface area contributed by atoms with Gasteiger partial charge in [-0.15, -0.1) is 0 Å². The van der Waals surface area contributed by atoms with Gasteiger partial charge in [-0.1, -0.05) is 34.1 Å². The summed E-state index contributed by atoms with van der Waals surface area (Å²) in [5, 5.41) is 3.35. The molecule has 1 saturated heterocycles. The first-order chi connectivity index (χ1) is 11.6. The van der Waals surface area contributed by atoms with E-state index in [1.54, 1.807) is 6.08 Å². The number of amides is 1. The molecule has 0 saturated carbocycles. The Morgan fingerprint density at radius 2 is 1.92 bits per heavy atom. The van der Waals surface area contributed by atoms with Crippen molar-refractivity contribution in [2.75, 3.05) is 11.5 Å². The van der Waals surface area contributed by atoms with Gasteiger partial charge in [-0.2, -0.15) is 0 Å². The summed E-state index contributed by atoms with van der Waals surface area (Å²) in [6.07, 6.45) is 1.76. The molecule has 1 aliphatic rings. The van der Waals surface area contributed by atoms with Crippen LogP contribution in [0, 0.1) is 0 Å². The lowest BCUT2D eigenvalue weighted by atomic mass is 10.1. The normalized spacial score (nSPS) is 15.8. The molecule has 0 spiro atoms. The van der Waals surface area contributed by atoms with Crippen LogP contribution in [-0.4, -0.2) is 17.6 Å². The van der Waals surface area contributed by atoms with Crippen molar-refractivity contribution in [3.63, 3.8) is 0 Å². The third-order valence-corrected chi connectivity index (χ3v) is 4.30. The number of nitrogens with zero attached hydrogens (tertiary/aromatic N) is 1. The number of ether oxygens (including phenoxy) is 1. The predicted molar refractivity (Wildman–Crippen MR) is 103 cm³/mol. The van der Waals surface area contributed by atoms with Crippen LogP contribution in [-0.2, 0) is 4.79 Å². The van der Waals surface area contributed by atoms with E-state index in [1.165, 1.54) is 4.90 Å². The van der Waals surface area contributed by atoms with Crippen LogP contribution >= 0.6 is 28.1 Å². The molecule has 0 radical (unpaired) electrons. The highest BCUT2D eigenvalue weighted by molar-refractivity contribution is 9.10.